The van der Waals surface area contributed by atoms with Crippen molar-refractivity contribution in [1.82, 2.24) is 15.0 Å². The molecule has 0 saturated carbocycles. The van der Waals surface area contributed by atoms with Crippen LogP contribution in [0.25, 0.3) is 11.5 Å². The molecule has 0 atom stereocenters. The van der Waals surface area contributed by atoms with E-state index >= 15 is 0 Å². The number of pyridine rings is 1. The number of hydrogen-bond acceptors (Lipinski definition) is 4. The van der Waals surface area contributed by atoms with Crippen LogP contribution in [0.15, 0.2) is 23.1 Å². The number of rotatable bonds is 2. The average molecular weight is 244 g/mol. The molecule has 5 nitrogen and oxygen atoms in total. The van der Waals surface area contributed by atoms with Gasteiger partial charge in [-0.15, -0.1) is 0 Å². The van der Waals surface area contributed by atoms with Gasteiger partial charge in [-0.3, -0.25) is 9.78 Å². The first-order valence-corrected chi connectivity index (χ1v) is 5.81. The molecule has 2 aromatic heterocycles. The summed E-state index contributed by atoms with van der Waals surface area (Å²) in [7, 11) is 0. The molecule has 0 bridgehead atoms. The molecule has 18 heavy (non-hydrogen) atoms. The number of anilines is 1. The second-order valence-electron chi connectivity index (χ2n) is 4.59. The number of nitrogen functional groups attached to an aromatic ring is 1. The summed E-state index contributed by atoms with van der Waals surface area (Å²) < 4.78 is 0. The third-order valence-electron chi connectivity index (χ3n) is 2.72. The molecule has 0 radical (unpaired) electrons. The van der Waals surface area contributed by atoms with E-state index in [2.05, 4.69) is 15.0 Å². The van der Waals surface area contributed by atoms with Gasteiger partial charge in [0.2, 0.25) is 0 Å². The van der Waals surface area contributed by atoms with E-state index in [0.29, 0.717) is 17.1 Å². The molecular weight excluding hydrogens is 228 g/mol. The van der Waals surface area contributed by atoms with E-state index in [1.165, 1.54) is 0 Å². The molecule has 0 spiro atoms. The van der Waals surface area contributed by atoms with Gasteiger partial charge in [-0.1, -0.05) is 13.8 Å². The summed E-state index contributed by atoms with van der Waals surface area (Å²) in [6, 6.07) is 3.74. The molecule has 2 heterocycles. The van der Waals surface area contributed by atoms with Crippen LogP contribution in [-0.4, -0.2) is 15.0 Å². The van der Waals surface area contributed by atoms with Crippen LogP contribution in [0.2, 0.25) is 0 Å². The molecule has 3 N–H and O–H groups in total. The number of aromatic nitrogens is 3. The normalized spacial score (nSPS) is 10.9. The summed E-state index contributed by atoms with van der Waals surface area (Å²) in [6.45, 7) is 5.77. The van der Waals surface area contributed by atoms with Gasteiger partial charge in [-0.25, -0.2) is 4.98 Å². The first kappa shape index (κ1) is 12.3. The summed E-state index contributed by atoms with van der Waals surface area (Å²) in [5.74, 6) is 0.721. The van der Waals surface area contributed by atoms with Crippen molar-refractivity contribution >= 4 is 5.82 Å². The van der Waals surface area contributed by atoms with Crippen LogP contribution in [-0.2, 0) is 0 Å². The van der Waals surface area contributed by atoms with Crippen molar-refractivity contribution in [2.75, 3.05) is 5.73 Å². The number of aromatic amines is 1. The number of nitrogens with zero attached hydrogens (tertiary/aromatic N) is 2. The third-order valence-corrected chi connectivity index (χ3v) is 2.72. The Labute approximate surface area is 105 Å². The highest BCUT2D eigenvalue weighted by Crippen LogP contribution is 2.18. The molecule has 0 aliphatic heterocycles. The second kappa shape index (κ2) is 4.60. The highest BCUT2D eigenvalue weighted by molar-refractivity contribution is 5.54. The van der Waals surface area contributed by atoms with Crippen molar-refractivity contribution in [3.8, 4) is 11.5 Å². The molecule has 0 fully saturated rings. The molecule has 0 saturated heterocycles. The van der Waals surface area contributed by atoms with Gasteiger partial charge in [0.15, 0.2) is 5.82 Å². The van der Waals surface area contributed by atoms with Crippen molar-refractivity contribution in [1.29, 1.82) is 0 Å². The van der Waals surface area contributed by atoms with Crippen molar-refractivity contribution in [2.24, 2.45) is 0 Å². The van der Waals surface area contributed by atoms with Gasteiger partial charge in [-0.2, -0.15) is 0 Å². The number of aryl methyl sites for hydroxylation is 1. The van der Waals surface area contributed by atoms with Crippen molar-refractivity contribution in [3.05, 3.63) is 39.8 Å². The summed E-state index contributed by atoms with van der Waals surface area (Å²) in [4.78, 5) is 23.1. The van der Waals surface area contributed by atoms with E-state index in [1.54, 1.807) is 6.20 Å². The minimum atomic E-state index is -0.198. The van der Waals surface area contributed by atoms with Crippen LogP contribution in [0.3, 0.4) is 0 Å². The fourth-order valence-electron chi connectivity index (χ4n) is 1.84. The fraction of sp³-hybridized carbons (Fsp3) is 0.308. The average Bonchev–Trinajstić information content (AvgIpc) is 2.27. The summed E-state index contributed by atoms with van der Waals surface area (Å²) in [5.41, 5.74) is 7.83. The number of nitrogens with one attached hydrogen (secondary N) is 1. The SMILES string of the molecule is Cc1ccnc(-c2nc(N)c(C(C)C)c(=O)[nH]2)c1. The van der Waals surface area contributed by atoms with Crippen molar-refractivity contribution < 1.29 is 0 Å². The maximum atomic E-state index is 12.0. The minimum absolute atomic E-state index is 0.0424. The van der Waals surface area contributed by atoms with Gasteiger partial charge < -0.3 is 10.7 Å². The first-order chi connectivity index (χ1) is 8.49. The molecule has 2 rings (SSSR count). The molecule has 5 heteroatoms. The molecule has 0 aliphatic carbocycles. The maximum Gasteiger partial charge on any atom is 0.256 e. The summed E-state index contributed by atoms with van der Waals surface area (Å²) in [6.07, 6.45) is 1.68. The Morgan fingerprint density at radius 2 is 2.11 bits per heavy atom. The lowest BCUT2D eigenvalue weighted by molar-refractivity contribution is 0.836. The topological polar surface area (TPSA) is 84.7 Å². The molecule has 0 aromatic carbocycles. The lowest BCUT2D eigenvalue weighted by Crippen LogP contribution is -2.19. The second-order valence-corrected chi connectivity index (χ2v) is 4.59. The highest BCUT2D eigenvalue weighted by atomic mass is 16.1. The fourth-order valence-corrected chi connectivity index (χ4v) is 1.84. The Morgan fingerprint density at radius 3 is 2.67 bits per heavy atom. The van der Waals surface area contributed by atoms with Gasteiger partial charge >= 0.3 is 0 Å². The zero-order chi connectivity index (χ0) is 13.3. The van der Waals surface area contributed by atoms with E-state index < -0.39 is 0 Å². The molecule has 94 valence electrons. The predicted octanol–water partition coefficient (Wildman–Crippen LogP) is 1.85. The van der Waals surface area contributed by atoms with E-state index in [0.717, 1.165) is 5.56 Å². The minimum Gasteiger partial charge on any atom is -0.383 e. The van der Waals surface area contributed by atoms with E-state index in [9.17, 15) is 4.79 Å². The Balaban J connectivity index is 2.59. The maximum absolute atomic E-state index is 12.0. The van der Waals surface area contributed by atoms with Gasteiger partial charge in [0.25, 0.3) is 5.56 Å². The number of H-pyrrole nitrogens is 1. The Hall–Kier alpha value is -2.17. The third kappa shape index (κ3) is 2.25. The molecule has 0 aliphatic rings. The lowest BCUT2D eigenvalue weighted by atomic mass is 10.1. The van der Waals surface area contributed by atoms with E-state index in [1.807, 2.05) is 32.9 Å². The first-order valence-electron chi connectivity index (χ1n) is 5.81. The predicted molar refractivity (Wildman–Crippen MR) is 71.3 cm³/mol. The van der Waals surface area contributed by atoms with Crippen LogP contribution in [0, 0.1) is 6.92 Å². The van der Waals surface area contributed by atoms with Crippen LogP contribution in [0.5, 0.6) is 0 Å². The van der Waals surface area contributed by atoms with Crippen molar-refractivity contribution in [3.63, 3.8) is 0 Å². The van der Waals surface area contributed by atoms with Gasteiger partial charge in [-0.05, 0) is 30.5 Å². The highest BCUT2D eigenvalue weighted by Gasteiger charge is 2.13. The molecule has 2 aromatic rings. The Morgan fingerprint density at radius 1 is 1.39 bits per heavy atom. The van der Waals surface area contributed by atoms with E-state index in [-0.39, 0.29) is 17.3 Å². The Bertz CT molecular complexity index is 631. The van der Waals surface area contributed by atoms with Crippen LogP contribution in [0.1, 0.15) is 30.9 Å². The van der Waals surface area contributed by atoms with Gasteiger partial charge in [0, 0.05) is 6.20 Å². The van der Waals surface area contributed by atoms with Crippen LogP contribution >= 0.6 is 0 Å². The number of hydrogen-bond donors (Lipinski definition) is 2. The molecule has 0 amide bonds. The van der Waals surface area contributed by atoms with Crippen LogP contribution < -0.4 is 11.3 Å². The van der Waals surface area contributed by atoms with Crippen molar-refractivity contribution in [2.45, 2.75) is 26.7 Å². The zero-order valence-electron chi connectivity index (χ0n) is 10.7. The number of nitrogens with two attached hydrogens (primary N) is 1. The lowest BCUT2D eigenvalue weighted by Gasteiger charge is -2.09. The smallest absolute Gasteiger partial charge is 0.256 e. The zero-order valence-corrected chi connectivity index (χ0v) is 10.7. The van der Waals surface area contributed by atoms with E-state index in [4.69, 9.17) is 5.73 Å². The van der Waals surface area contributed by atoms with Gasteiger partial charge in [0.05, 0.1) is 5.56 Å². The molecule has 0 unspecified atom stereocenters. The largest absolute Gasteiger partial charge is 0.383 e. The Kier molecular flexibility index (Phi) is 3.14. The standard InChI is InChI=1S/C13H16N4O/c1-7(2)10-11(14)16-12(17-13(10)18)9-6-8(3)4-5-15-9/h4-7H,1-3H3,(H3,14,16,17,18). The summed E-state index contributed by atoms with van der Waals surface area (Å²) >= 11 is 0. The quantitative estimate of drug-likeness (QED) is 0.844. The molecular formula is C13H16N4O. The summed E-state index contributed by atoms with van der Waals surface area (Å²) in [5, 5.41) is 0. The monoisotopic (exact) mass is 244 g/mol. The van der Waals surface area contributed by atoms with Crippen LogP contribution in [0.4, 0.5) is 5.82 Å². The van der Waals surface area contributed by atoms with Gasteiger partial charge in [0.1, 0.15) is 11.5 Å².